The van der Waals surface area contributed by atoms with E-state index in [0.717, 1.165) is 5.75 Å². The second kappa shape index (κ2) is 5.66. The molecule has 0 amide bonds. The van der Waals surface area contributed by atoms with Gasteiger partial charge in [0.15, 0.2) is 0 Å². The van der Waals surface area contributed by atoms with Gasteiger partial charge in [-0.25, -0.2) is 0 Å². The number of benzene rings is 2. The van der Waals surface area contributed by atoms with Crippen LogP contribution in [0.1, 0.15) is 36.5 Å². The van der Waals surface area contributed by atoms with Gasteiger partial charge in [-0.3, -0.25) is 0 Å². The third-order valence-corrected chi connectivity index (χ3v) is 3.23. The molecule has 2 aromatic rings. The Morgan fingerprint density at radius 3 is 2.45 bits per heavy atom. The lowest BCUT2D eigenvalue weighted by atomic mass is 9.98. The fourth-order valence-electron chi connectivity index (χ4n) is 2.20. The normalized spacial score (nSPS) is 10.3. The maximum absolute atomic E-state index is 8.82. The predicted octanol–water partition coefficient (Wildman–Crippen LogP) is 4.36. The van der Waals surface area contributed by atoms with E-state index in [1.165, 1.54) is 11.1 Å². The summed E-state index contributed by atoms with van der Waals surface area (Å²) in [6, 6.07) is 13.1. The Morgan fingerprint density at radius 2 is 1.90 bits per heavy atom. The van der Waals surface area contributed by atoms with Crippen LogP contribution in [0.4, 0.5) is 5.69 Å². The zero-order chi connectivity index (χ0) is 14.7. The summed E-state index contributed by atoms with van der Waals surface area (Å²) in [6.07, 6.45) is 0. The van der Waals surface area contributed by atoms with Crippen LogP contribution in [0.3, 0.4) is 0 Å². The highest BCUT2D eigenvalue weighted by atomic mass is 16.5. The number of ether oxygens (including phenoxy) is 1. The van der Waals surface area contributed by atoms with Gasteiger partial charge >= 0.3 is 0 Å². The summed E-state index contributed by atoms with van der Waals surface area (Å²) in [6.45, 7) is 6.41. The molecule has 0 atom stereocenters. The van der Waals surface area contributed by atoms with E-state index in [1.54, 1.807) is 18.2 Å². The van der Waals surface area contributed by atoms with Crippen molar-refractivity contribution >= 4 is 5.69 Å². The van der Waals surface area contributed by atoms with Crippen molar-refractivity contribution in [3.63, 3.8) is 0 Å². The van der Waals surface area contributed by atoms with Crippen molar-refractivity contribution in [2.45, 2.75) is 26.7 Å². The Bertz CT molecular complexity index is 669. The fourth-order valence-corrected chi connectivity index (χ4v) is 2.20. The summed E-state index contributed by atoms with van der Waals surface area (Å²) in [4.78, 5) is 0. The van der Waals surface area contributed by atoms with Crippen molar-refractivity contribution in [2.24, 2.45) is 0 Å². The molecule has 2 rings (SSSR count). The molecule has 0 unspecified atom stereocenters. The van der Waals surface area contributed by atoms with Gasteiger partial charge < -0.3 is 10.5 Å². The fraction of sp³-hybridized carbons (Fsp3) is 0.235. The summed E-state index contributed by atoms with van der Waals surface area (Å²) in [5.41, 5.74) is 9.39. The highest BCUT2D eigenvalue weighted by Gasteiger charge is 2.07. The zero-order valence-corrected chi connectivity index (χ0v) is 12.0. The molecule has 0 fully saturated rings. The molecule has 0 spiro atoms. The second-order valence-corrected chi connectivity index (χ2v) is 5.14. The number of nitrogen functional groups attached to an aromatic ring is 1. The van der Waals surface area contributed by atoms with Crippen molar-refractivity contribution in [1.82, 2.24) is 0 Å². The number of nitrogens with zero attached hydrogens (tertiary/aromatic N) is 1. The van der Waals surface area contributed by atoms with Crippen molar-refractivity contribution in [3.8, 4) is 17.6 Å². The van der Waals surface area contributed by atoms with Crippen LogP contribution in [-0.2, 0) is 0 Å². The van der Waals surface area contributed by atoms with E-state index >= 15 is 0 Å². The van der Waals surface area contributed by atoms with E-state index in [4.69, 9.17) is 15.7 Å². The van der Waals surface area contributed by atoms with E-state index in [0.29, 0.717) is 22.9 Å². The Balaban J connectivity index is 2.27. The molecule has 0 aliphatic rings. The summed E-state index contributed by atoms with van der Waals surface area (Å²) < 4.78 is 5.79. The van der Waals surface area contributed by atoms with E-state index in [2.05, 4.69) is 32.9 Å². The zero-order valence-electron chi connectivity index (χ0n) is 12.0. The molecule has 0 aromatic heterocycles. The number of nitriles is 1. The van der Waals surface area contributed by atoms with Crippen LogP contribution in [0.15, 0.2) is 36.4 Å². The minimum Gasteiger partial charge on any atom is -0.455 e. The quantitative estimate of drug-likeness (QED) is 0.839. The Labute approximate surface area is 119 Å². The van der Waals surface area contributed by atoms with E-state index in [1.807, 2.05) is 12.1 Å². The maximum Gasteiger partial charge on any atom is 0.150 e. The van der Waals surface area contributed by atoms with Crippen LogP contribution in [0, 0.1) is 18.3 Å². The molecule has 0 aliphatic heterocycles. The molecule has 2 aromatic carbocycles. The molecular weight excluding hydrogens is 248 g/mol. The minimum absolute atomic E-state index is 0.467. The van der Waals surface area contributed by atoms with Gasteiger partial charge in [0.2, 0.25) is 0 Å². The molecule has 0 heterocycles. The number of hydrogen-bond donors (Lipinski definition) is 1. The largest absolute Gasteiger partial charge is 0.455 e. The van der Waals surface area contributed by atoms with Gasteiger partial charge in [0, 0.05) is 0 Å². The summed E-state index contributed by atoms with van der Waals surface area (Å²) >= 11 is 0. The van der Waals surface area contributed by atoms with E-state index < -0.39 is 0 Å². The third-order valence-electron chi connectivity index (χ3n) is 3.23. The molecule has 3 nitrogen and oxygen atoms in total. The molecule has 20 heavy (non-hydrogen) atoms. The maximum atomic E-state index is 8.82. The molecule has 102 valence electrons. The number of nitrogens with two attached hydrogens (primary N) is 1. The Hall–Kier alpha value is -2.47. The van der Waals surface area contributed by atoms with Gasteiger partial charge in [0.1, 0.15) is 11.5 Å². The molecule has 2 N–H and O–H groups in total. The van der Waals surface area contributed by atoms with Gasteiger partial charge in [0.05, 0.1) is 17.3 Å². The first-order valence-electron chi connectivity index (χ1n) is 6.59. The molecule has 0 aliphatic carbocycles. The predicted molar refractivity (Wildman–Crippen MR) is 80.9 cm³/mol. The number of aryl methyl sites for hydroxylation is 1. The third kappa shape index (κ3) is 2.92. The molecule has 0 saturated heterocycles. The number of hydrogen-bond acceptors (Lipinski definition) is 3. The van der Waals surface area contributed by atoms with E-state index in [9.17, 15) is 0 Å². The monoisotopic (exact) mass is 266 g/mol. The first kappa shape index (κ1) is 14.0. The van der Waals surface area contributed by atoms with Gasteiger partial charge in [0.25, 0.3) is 0 Å². The highest BCUT2D eigenvalue weighted by Crippen LogP contribution is 2.30. The Kier molecular flexibility index (Phi) is 3.95. The highest BCUT2D eigenvalue weighted by molar-refractivity contribution is 5.58. The van der Waals surface area contributed by atoms with Crippen molar-refractivity contribution < 1.29 is 4.74 Å². The topological polar surface area (TPSA) is 59.0 Å². The van der Waals surface area contributed by atoms with Crippen LogP contribution in [-0.4, -0.2) is 0 Å². The second-order valence-electron chi connectivity index (χ2n) is 5.14. The summed E-state index contributed by atoms with van der Waals surface area (Å²) in [5, 5.41) is 8.82. The first-order chi connectivity index (χ1) is 9.51. The van der Waals surface area contributed by atoms with Crippen LogP contribution in [0.2, 0.25) is 0 Å². The number of rotatable bonds is 3. The minimum atomic E-state index is 0.467. The van der Waals surface area contributed by atoms with Gasteiger partial charge in [-0.15, -0.1) is 0 Å². The molecule has 0 bridgehead atoms. The van der Waals surface area contributed by atoms with Crippen LogP contribution in [0.25, 0.3) is 0 Å². The lowest BCUT2D eigenvalue weighted by Gasteiger charge is -2.13. The summed E-state index contributed by atoms with van der Waals surface area (Å²) in [5.74, 6) is 1.81. The molecule has 0 saturated carbocycles. The van der Waals surface area contributed by atoms with Crippen molar-refractivity contribution in [1.29, 1.82) is 5.26 Å². The van der Waals surface area contributed by atoms with Gasteiger partial charge in [-0.1, -0.05) is 19.9 Å². The van der Waals surface area contributed by atoms with Crippen LogP contribution < -0.4 is 10.5 Å². The molecular formula is C17H18N2O. The van der Waals surface area contributed by atoms with Crippen molar-refractivity contribution in [3.05, 3.63) is 53.1 Å². The molecule has 3 heteroatoms. The SMILES string of the molecule is Cc1cc(Oc2ccc(C#N)cc2N)ccc1C(C)C. The average molecular weight is 266 g/mol. The lowest BCUT2D eigenvalue weighted by Crippen LogP contribution is -1.95. The smallest absolute Gasteiger partial charge is 0.150 e. The Morgan fingerprint density at radius 1 is 1.15 bits per heavy atom. The van der Waals surface area contributed by atoms with Crippen LogP contribution in [0.5, 0.6) is 11.5 Å². The van der Waals surface area contributed by atoms with Gasteiger partial charge in [-0.05, 0) is 54.3 Å². The average Bonchev–Trinajstić information content (AvgIpc) is 2.40. The standard InChI is InChI=1S/C17H18N2O/c1-11(2)15-6-5-14(8-12(15)3)20-17-7-4-13(10-18)9-16(17)19/h4-9,11H,19H2,1-3H3. The lowest BCUT2D eigenvalue weighted by molar-refractivity contribution is 0.484. The molecule has 0 radical (unpaired) electrons. The van der Waals surface area contributed by atoms with Crippen LogP contribution >= 0.6 is 0 Å². The first-order valence-corrected chi connectivity index (χ1v) is 6.59. The van der Waals surface area contributed by atoms with E-state index in [-0.39, 0.29) is 0 Å². The van der Waals surface area contributed by atoms with Gasteiger partial charge in [-0.2, -0.15) is 5.26 Å². The summed E-state index contributed by atoms with van der Waals surface area (Å²) in [7, 11) is 0. The number of anilines is 1. The van der Waals surface area contributed by atoms with Crippen molar-refractivity contribution in [2.75, 3.05) is 5.73 Å².